The Morgan fingerprint density at radius 1 is 1.10 bits per heavy atom. The van der Waals surface area contributed by atoms with E-state index in [-0.39, 0.29) is 37.2 Å². The number of esters is 1. The summed E-state index contributed by atoms with van der Waals surface area (Å²) in [5, 5.41) is 23.3. The van der Waals surface area contributed by atoms with Crippen molar-refractivity contribution in [2.45, 2.75) is 110 Å². The molecule has 4 fully saturated rings. The maximum Gasteiger partial charge on any atom is 0.333 e. The van der Waals surface area contributed by atoms with Crippen LogP contribution in [-0.2, 0) is 25.5 Å². The largest absolute Gasteiger partial charge is 0.491 e. The quantitative estimate of drug-likeness (QED) is 0.0833. The van der Waals surface area contributed by atoms with E-state index < -0.39 is 46.1 Å². The molecule has 1 aromatic rings. The third-order valence-corrected chi connectivity index (χ3v) is 12.9. The predicted molar refractivity (Wildman–Crippen MR) is 221 cm³/mol. The molecule has 1 spiro atoms. The van der Waals surface area contributed by atoms with Gasteiger partial charge in [-0.15, -0.1) is 0 Å². The first-order valence-electron chi connectivity index (χ1n) is 20.5. The van der Waals surface area contributed by atoms with Crippen molar-refractivity contribution in [2.24, 2.45) is 34.4 Å². The van der Waals surface area contributed by atoms with Gasteiger partial charge in [0, 0.05) is 54.0 Å². The van der Waals surface area contributed by atoms with Gasteiger partial charge in [-0.3, -0.25) is 4.79 Å². The van der Waals surface area contributed by atoms with Gasteiger partial charge < -0.3 is 39.8 Å². The molecule has 4 aliphatic heterocycles. The molecule has 8 rings (SSSR count). The summed E-state index contributed by atoms with van der Waals surface area (Å²) in [6, 6.07) is 2.40. The summed E-state index contributed by atoms with van der Waals surface area (Å²) in [7, 11) is 1.33. The number of rotatable bonds is 14. The van der Waals surface area contributed by atoms with Crippen molar-refractivity contribution in [1.82, 2.24) is 5.32 Å². The van der Waals surface area contributed by atoms with Crippen molar-refractivity contribution in [3.8, 4) is 23.3 Å². The number of carbonyl (C=O) groups is 2. The Balaban J connectivity index is 1.56. The maximum absolute atomic E-state index is 15.3. The highest BCUT2D eigenvalue weighted by atomic mass is 16.6. The number of nitriles is 1. The summed E-state index contributed by atoms with van der Waals surface area (Å²) < 4.78 is 33.8. The number of nitrogens with two attached hydrogens (primary N) is 1. The van der Waals surface area contributed by atoms with Crippen LogP contribution in [0.4, 0.5) is 0 Å². The monoisotopic (exact) mass is 794 g/mol. The molecule has 3 saturated carbocycles. The number of benzene rings is 1. The zero-order valence-corrected chi connectivity index (χ0v) is 35.3. The zero-order chi connectivity index (χ0) is 41.9. The fourth-order valence-corrected chi connectivity index (χ4v) is 10.3. The van der Waals surface area contributed by atoms with Gasteiger partial charge in [0.25, 0.3) is 0 Å². The van der Waals surface area contributed by atoms with Crippen LogP contribution in [0.25, 0.3) is 11.8 Å². The Morgan fingerprint density at radius 2 is 1.84 bits per heavy atom. The van der Waals surface area contributed by atoms with E-state index in [4.69, 9.17) is 34.4 Å². The van der Waals surface area contributed by atoms with Gasteiger partial charge in [-0.2, -0.15) is 5.26 Å². The number of amidine groups is 1. The first-order valence-corrected chi connectivity index (χ1v) is 20.5. The number of methoxy groups -OCH3 is 1. The van der Waals surface area contributed by atoms with Crippen molar-refractivity contribution >= 4 is 29.4 Å². The van der Waals surface area contributed by atoms with Crippen molar-refractivity contribution in [3.05, 3.63) is 63.3 Å². The molecule has 4 bridgehead atoms. The van der Waals surface area contributed by atoms with Crippen LogP contribution < -0.4 is 25.3 Å². The number of ketones is 1. The standard InChI is InChI=1S/C46H58N4O8/c1-25(2)11-10-16-44(8)17-15-29-37(56-44)28(13-12-26(3)4)39-34(38(29)55-22-20-49-19-21-51)36-35-33(31(24-47)41(48)50-36)30-23-32-43(6,7)58-45(40(30)52,46(32,35)57-39)18-14-27(5)42(53)54-9/h11-12,14-15,17,30-33,49,51H,10,13,16,18-23H2,1-9H3,(H2,48,50). The van der Waals surface area contributed by atoms with Crippen LogP contribution in [0.5, 0.6) is 17.2 Å². The number of allylic oxidation sites excluding steroid dienone is 4. The molecular weight excluding hydrogens is 737 g/mol. The van der Waals surface area contributed by atoms with Crippen molar-refractivity contribution in [1.29, 1.82) is 5.26 Å². The second kappa shape index (κ2) is 15.2. The highest BCUT2D eigenvalue weighted by Gasteiger charge is 2.84. The van der Waals surface area contributed by atoms with Gasteiger partial charge in [0.05, 0.1) is 42.2 Å². The Kier molecular flexibility index (Phi) is 10.8. The minimum absolute atomic E-state index is 0.0110. The normalized spacial score (nSPS) is 30.5. The van der Waals surface area contributed by atoms with Gasteiger partial charge in [0.2, 0.25) is 0 Å². The minimum atomic E-state index is -1.58. The van der Waals surface area contributed by atoms with Crippen molar-refractivity contribution in [2.75, 3.05) is 33.4 Å². The topological polar surface area (TPSA) is 175 Å². The number of fused-ring (bicyclic) bond motifs is 3. The number of hydrogen-bond acceptors (Lipinski definition) is 12. The molecule has 4 N–H and O–H groups in total. The van der Waals surface area contributed by atoms with E-state index in [0.29, 0.717) is 60.0 Å². The SMILES string of the molecule is COC(=O)C(C)=CCC12OC(C)(C)C3CC(C1=O)C1C4=C(N=C(N)C1C#N)c1c(OCCNCCO)c5c(c(CC=C(C)C)c1OC432)OC(C)(CCC=C(C)C)C=C5. The van der Waals surface area contributed by atoms with Crippen LogP contribution in [0.1, 0.15) is 97.8 Å². The number of carbonyl (C=O) groups excluding carboxylic acids is 2. The number of Topliss-reactive ketones (excluding diaryl/α,β-unsaturated/α-hetero) is 1. The number of aliphatic imine (C=N–C) groups is 1. The number of aliphatic hydroxyl groups excluding tert-OH is 1. The molecule has 58 heavy (non-hydrogen) atoms. The summed E-state index contributed by atoms with van der Waals surface area (Å²) in [6.07, 6.45) is 12.6. The maximum atomic E-state index is 15.3. The minimum Gasteiger partial charge on any atom is -0.491 e. The zero-order valence-electron chi connectivity index (χ0n) is 35.3. The van der Waals surface area contributed by atoms with E-state index in [1.165, 1.54) is 12.7 Å². The summed E-state index contributed by atoms with van der Waals surface area (Å²) in [5.41, 5.74) is 8.29. The first-order chi connectivity index (χ1) is 27.5. The second-order valence-corrected chi connectivity index (χ2v) is 17.8. The van der Waals surface area contributed by atoms with E-state index in [1.807, 2.05) is 27.7 Å². The Labute approximate surface area is 341 Å². The van der Waals surface area contributed by atoms with E-state index in [2.05, 4.69) is 56.5 Å². The van der Waals surface area contributed by atoms with Gasteiger partial charge in [0.1, 0.15) is 41.2 Å². The molecular formula is C46H58N4O8. The second-order valence-electron chi connectivity index (χ2n) is 17.8. The number of nitrogens with zero attached hydrogens (tertiary/aromatic N) is 2. The van der Waals surface area contributed by atoms with Crippen molar-refractivity contribution in [3.63, 3.8) is 0 Å². The third-order valence-electron chi connectivity index (χ3n) is 12.9. The van der Waals surface area contributed by atoms with E-state index in [9.17, 15) is 15.2 Å². The number of ether oxygens (including phenoxy) is 5. The molecule has 7 atom stereocenters. The van der Waals surface area contributed by atoms with Crippen LogP contribution in [0.2, 0.25) is 0 Å². The molecule has 12 heteroatoms. The average molecular weight is 795 g/mol. The van der Waals surface area contributed by atoms with Crippen LogP contribution in [0.3, 0.4) is 0 Å². The molecule has 1 saturated heterocycles. The smallest absolute Gasteiger partial charge is 0.333 e. The Bertz CT molecular complexity index is 2150. The fraction of sp³-hybridized carbons (Fsp3) is 0.565. The molecule has 12 nitrogen and oxygen atoms in total. The lowest BCUT2D eigenvalue weighted by Crippen LogP contribution is -2.75. The highest BCUT2D eigenvalue weighted by molar-refractivity contribution is 6.05. The van der Waals surface area contributed by atoms with Crippen molar-refractivity contribution < 1.29 is 38.4 Å². The molecule has 7 aliphatic rings. The number of nitrogens with one attached hydrogen (secondary N) is 1. The lowest BCUT2D eigenvalue weighted by molar-refractivity contribution is -0.183. The lowest BCUT2D eigenvalue weighted by Gasteiger charge is -2.62. The highest BCUT2D eigenvalue weighted by Crippen LogP contribution is 2.74. The first kappa shape index (κ1) is 41.5. The molecule has 3 aliphatic carbocycles. The van der Waals surface area contributed by atoms with Crippen LogP contribution >= 0.6 is 0 Å². The summed E-state index contributed by atoms with van der Waals surface area (Å²) in [6.45, 7) is 17.1. The van der Waals surface area contributed by atoms with E-state index in [1.54, 1.807) is 13.0 Å². The van der Waals surface area contributed by atoms with Crippen LogP contribution in [0, 0.1) is 35.0 Å². The Hall–Kier alpha value is -4.70. The van der Waals surface area contributed by atoms with Gasteiger partial charge in [-0.05, 0) is 93.2 Å². The van der Waals surface area contributed by atoms with E-state index >= 15 is 4.79 Å². The molecule has 7 unspecified atom stereocenters. The van der Waals surface area contributed by atoms with Gasteiger partial charge in [0.15, 0.2) is 17.0 Å². The predicted octanol–water partition coefficient (Wildman–Crippen LogP) is 6.31. The molecule has 310 valence electrons. The lowest BCUT2D eigenvalue weighted by atomic mass is 9.44. The van der Waals surface area contributed by atoms with E-state index in [0.717, 1.165) is 35.1 Å². The van der Waals surface area contributed by atoms with Crippen LogP contribution in [0.15, 0.2) is 51.6 Å². The summed E-state index contributed by atoms with van der Waals surface area (Å²) in [5.74, 6) is -1.40. The molecule has 0 amide bonds. The number of hydrogen-bond donors (Lipinski definition) is 3. The molecule has 0 aromatic heterocycles. The molecule has 4 heterocycles. The van der Waals surface area contributed by atoms with Crippen LogP contribution in [-0.4, -0.2) is 78.5 Å². The summed E-state index contributed by atoms with van der Waals surface area (Å²) in [4.78, 5) is 33.2. The fourth-order valence-electron chi connectivity index (χ4n) is 10.3. The third kappa shape index (κ3) is 6.32. The van der Waals surface area contributed by atoms with Gasteiger partial charge >= 0.3 is 5.97 Å². The number of aliphatic hydroxyl groups is 1. The molecule has 1 aromatic carbocycles. The summed E-state index contributed by atoms with van der Waals surface area (Å²) >= 11 is 0. The molecule has 0 radical (unpaired) electrons. The van der Waals surface area contributed by atoms with Gasteiger partial charge in [-0.1, -0.05) is 29.4 Å². The Morgan fingerprint density at radius 3 is 2.52 bits per heavy atom. The average Bonchev–Trinajstić information content (AvgIpc) is 3.31. The van der Waals surface area contributed by atoms with Gasteiger partial charge in [-0.25, -0.2) is 9.79 Å².